The summed E-state index contributed by atoms with van der Waals surface area (Å²) in [6.07, 6.45) is -0.592. The molecule has 0 amide bonds. The van der Waals surface area contributed by atoms with E-state index in [1.165, 1.54) is 30.7 Å². The van der Waals surface area contributed by atoms with Gasteiger partial charge in [0.2, 0.25) is 10.0 Å². The average Bonchev–Trinajstić information content (AvgIpc) is 2.85. The predicted octanol–water partition coefficient (Wildman–Crippen LogP) is 0.957. The summed E-state index contributed by atoms with van der Waals surface area (Å²) in [5.41, 5.74) is 5.92. The van der Waals surface area contributed by atoms with Gasteiger partial charge in [-0.25, -0.2) is 8.42 Å². The van der Waals surface area contributed by atoms with Gasteiger partial charge in [0.25, 0.3) is 0 Å². The van der Waals surface area contributed by atoms with Crippen molar-refractivity contribution in [2.24, 2.45) is 0 Å². The molecule has 2 unspecified atom stereocenters. The second-order valence-electron chi connectivity index (χ2n) is 4.55. The number of anilines is 1. The molecule has 1 saturated heterocycles. The van der Waals surface area contributed by atoms with Gasteiger partial charge < -0.3 is 15.2 Å². The van der Waals surface area contributed by atoms with E-state index in [0.717, 1.165) is 0 Å². The molecule has 6 nitrogen and oxygen atoms in total. The average molecular weight is 321 g/mol. The summed E-state index contributed by atoms with van der Waals surface area (Å²) in [6.45, 7) is 0.451. The lowest BCUT2D eigenvalue weighted by atomic mass is 10.3. The van der Waals surface area contributed by atoms with E-state index in [4.69, 9.17) is 26.8 Å². The van der Waals surface area contributed by atoms with E-state index < -0.39 is 10.0 Å². The third-order valence-electron chi connectivity index (χ3n) is 3.38. The molecule has 0 radical (unpaired) electrons. The summed E-state index contributed by atoms with van der Waals surface area (Å²) in [4.78, 5) is 0.0107. The zero-order valence-corrected chi connectivity index (χ0v) is 12.8. The van der Waals surface area contributed by atoms with E-state index in [-0.39, 0.29) is 35.9 Å². The number of rotatable bonds is 4. The molecule has 0 aromatic heterocycles. The van der Waals surface area contributed by atoms with Crippen molar-refractivity contribution in [1.82, 2.24) is 4.31 Å². The molecule has 1 aromatic rings. The van der Waals surface area contributed by atoms with Crippen molar-refractivity contribution in [2.75, 3.05) is 33.0 Å². The van der Waals surface area contributed by atoms with Crippen LogP contribution in [0.4, 0.5) is 5.69 Å². The Morgan fingerprint density at radius 2 is 1.80 bits per heavy atom. The zero-order valence-electron chi connectivity index (χ0n) is 11.2. The Balaban J connectivity index is 2.34. The fourth-order valence-corrected chi connectivity index (χ4v) is 4.07. The molecule has 1 fully saturated rings. The third kappa shape index (κ3) is 2.77. The van der Waals surface area contributed by atoms with Crippen LogP contribution < -0.4 is 5.73 Å². The van der Waals surface area contributed by atoms with Crippen LogP contribution in [0, 0.1) is 0 Å². The van der Waals surface area contributed by atoms with Gasteiger partial charge in [-0.15, -0.1) is 0 Å². The normalized spacial score (nSPS) is 24.1. The molecule has 0 spiro atoms. The van der Waals surface area contributed by atoms with Crippen LogP contribution in [0.3, 0.4) is 0 Å². The first-order valence-corrected chi connectivity index (χ1v) is 7.82. The predicted molar refractivity (Wildman–Crippen MR) is 76.2 cm³/mol. The molecule has 1 aromatic carbocycles. The van der Waals surface area contributed by atoms with Crippen LogP contribution in [0.5, 0.6) is 0 Å². The zero-order chi connectivity index (χ0) is 14.9. The fraction of sp³-hybridized carbons (Fsp3) is 0.500. The molecule has 2 N–H and O–H groups in total. The highest BCUT2D eigenvalue weighted by Crippen LogP contribution is 2.29. The molecule has 2 rings (SSSR count). The van der Waals surface area contributed by atoms with E-state index in [1.54, 1.807) is 6.07 Å². The second-order valence-corrected chi connectivity index (χ2v) is 6.90. The van der Waals surface area contributed by atoms with Gasteiger partial charge in [-0.05, 0) is 18.2 Å². The first-order valence-electron chi connectivity index (χ1n) is 6.01. The number of benzene rings is 1. The quantitative estimate of drug-likeness (QED) is 0.836. The molecule has 0 aliphatic carbocycles. The molecule has 0 bridgehead atoms. The van der Waals surface area contributed by atoms with Gasteiger partial charge >= 0.3 is 0 Å². The lowest BCUT2D eigenvalue weighted by Crippen LogP contribution is -2.30. The number of hydrogen-bond acceptors (Lipinski definition) is 5. The van der Waals surface area contributed by atoms with Crippen molar-refractivity contribution in [3.63, 3.8) is 0 Å². The lowest BCUT2D eigenvalue weighted by Gasteiger charge is -2.17. The van der Waals surface area contributed by atoms with Gasteiger partial charge in [-0.1, -0.05) is 11.6 Å². The minimum absolute atomic E-state index is 0.0107. The Morgan fingerprint density at radius 1 is 1.25 bits per heavy atom. The summed E-state index contributed by atoms with van der Waals surface area (Å²) in [6, 6.07) is 4.39. The van der Waals surface area contributed by atoms with Gasteiger partial charge in [0, 0.05) is 32.3 Å². The molecule has 1 aliphatic heterocycles. The first kappa shape index (κ1) is 15.5. The van der Waals surface area contributed by atoms with Gasteiger partial charge in [-0.3, -0.25) is 0 Å². The Labute approximate surface area is 123 Å². The fourth-order valence-electron chi connectivity index (χ4n) is 2.23. The SMILES string of the molecule is COC1CN(S(=O)(=O)c2cc(Cl)ccc2N)CC1OC. The summed E-state index contributed by atoms with van der Waals surface area (Å²) in [5.74, 6) is 0. The van der Waals surface area contributed by atoms with Crippen molar-refractivity contribution in [2.45, 2.75) is 17.1 Å². The van der Waals surface area contributed by atoms with Crippen LogP contribution in [0.15, 0.2) is 23.1 Å². The van der Waals surface area contributed by atoms with Gasteiger partial charge in [0.1, 0.15) is 4.90 Å². The molecule has 20 heavy (non-hydrogen) atoms. The van der Waals surface area contributed by atoms with E-state index in [2.05, 4.69) is 0 Å². The number of halogens is 1. The van der Waals surface area contributed by atoms with Crippen molar-refractivity contribution in [3.8, 4) is 0 Å². The number of hydrogen-bond donors (Lipinski definition) is 1. The van der Waals surface area contributed by atoms with E-state index in [0.29, 0.717) is 5.02 Å². The molecular weight excluding hydrogens is 304 g/mol. The van der Waals surface area contributed by atoms with Crippen molar-refractivity contribution in [1.29, 1.82) is 0 Å². The van der Waals surface area contributed by atoms with Crippen LogP contribution in [0.25, 0.3) is 0 Å². The first-order chi connectivity index (χ1) is 9.40. The van der Waals surface area contributed by atoms with Gasteiger partial charge in [-0.2, -0.15) is 4.31 Å². The Kier molecular flexibility index (Phi) is 4.55. The molecule has 0 saturated carbocycles. The highest BCUT2D eigenvalue weighted by Gasteiger charge is 2.40. The lowest BCUT2D eigenvalue weighted by molar-refractivity contribution is -0.00461. The van der Waals surface area contributed by atoms with Crippen molar-refractivity contribution >= 4 is 27.3 Å². The minimum Gasteiger partial charge on any atom is -0.398 e. The van der Waals surface area contributed by atoms with Gasteiger partial charge in [0.05, 0.1) is 17.9 Å². The molecule has 1 aliphatic rings. The van der Waals surface area contributed by atoms with Gasteiger partial charge in [0.15, 0.2) is 0 Å². The van der Waals surface area contributed by atoms with Crippen LogP contribution >= 0.6 is 11.6 Å². The standard InChI is InChI=1S/C12H17ClN2O4S/c1-18-10-6-15(7-11(10)19-2)20(16,17)12-5-8(13)3-4-9(12)14/h3-5,10-11H,6-7,14H2,1-2H3. The van der Waals surface area contributed by atoms with Crippen LogP contribution in [-0.4, -0.2) is 52.2 Å². The summed E-state index contributed by atoms with van der Waals surface area (Å²) < 4.78 is 37.0. The number of ether oxygens (including phenoxy) is 2. The number of nitrogens with zero attached hydrogens (tertiary/aromatic N) is 1. The molecule has 1 heterocycles. The van der Waals surface area contributed by atoms with Crippen LogP contribution in [0.2, 0.25) is 5.02 Å². The second kappa shape index (κ2) is 5.87. The maximum Gasteiger partial charge on any atom is 0.245 e. The monoisotopic (exact) mass is 320 g/mol. The number of methoxy groups -OCH3 is 2. The molecule has 8 heteroatoms. The molecule has 2 atom stereocenters. The smallest absolute Gasteiger partial charge is 0.245 e. The van der Waals surface area contributed by atoms with Crippen LogP contribution in [0.1, 0.15) is 0 Å². The summed E-state index contributed by atoms with van der Waals surface area (Å²) in [7, 11) is -0.657. The Bertz CT molecular complexity index is 581. The highest BCUT2D eigenvalue weighted by molar-refractivity contribution is 7.89. The minimum atomic E-state index is -3.71. The van der Waals surface area contributed by atoms with Crippen molar-refractivity contribution < 1.29 is 17.9 Å². The highest BCUT2D eigenvalue weighted by atomic mass is 35.5. The van der Waals surface area contributed by atoms with E-state index in [1.807, 2.05) is 0 Å². The van der Waals surface area contributed by atoms with E-state index >= 15 is 0 Å². The largest absolute Gasteiger partial charge is 0.398 e. The molecular formula is C12H17ClN2O4S. The number of nitrogen functional groups attached to an aromatic ring is 1. The molecule has 112 valence electrons. The van der Waals surface area contributed by atoms with Crippen LogP contribution in [-0.2, 0) is 19.5 Å². The maximum absolute atomic E-state index is 12.6. The topological polar surface area (TPSA) is 81.9 Å². The Hall–Kier alpha value is -0.860. The summed E-state index contributed by atoms with van der Waals surface area (Å²) >= 11 is 5.85. The third-order valence-corrected chi connectivity index (χ3v) is 5.50. The number of nitrogens with two attached hydrogens (primary N) is 1. The maximum atomic E-state index is 12.6. The van der Waals surface area contributed by atoms with Crippen molar-refractivity contribution in [3.05, 3.63) is 23.2 Å². The number of sulfonamides is 1. The summed E-state index contributed by atoms with van der Waals surface area (Å²) in [5, 5.41) is 0.323. The van der Waals surface area contributed by atoms with E-state index in [9.17, 15) is 8.42 Å². The Morgan fingerprint density at radius 3 is 2.30 bits per heavy atom.